The minimum atomic E-state index is -0.759. The molecule has 0 aromatic carbocycles. The number of amides is 3. The second-order valence-corrected chi connectivity index (χ2v) is 8.34. The molecule has 9 heteroatoms. The molecule has 0 spiro atoms. The number of rotatable bonds is 8. The van der Waals surface area contributed by atoms with Crippen molar-refractivity contribution in [1.82, 2.24) is 25.3 Å². The molecule has 0 radical (unpaired) electrons. The Morgan fingerprint density at radius 3 is 2.38 bits per heavy atom. The van der Waals surface area contributed by atoms with Gasteiger partial charge in [-0.3, -0.25) is 19.6 Å². The number of nitrogens with zero attached hydrogens (tertiary/aromatic N) is 4. The number of aliphatic imine (C=N–C) groups is 1. The zero-order chi connectivity index (χ0) is 20.7. The number of halogens is 1. The third kappa shape index (κ3) is 6.97. The fraction of sp³-hybridized carbons (Fsp3) is 0.850. The molecular weight excluding hydrogens is 483 g/mol. The highest BCUT2D eigenvalue weighted by atomic mass is 127. The molecule has 0 aromatic rings. The molecule has 0 aliphatic carbocycles. The summed E-state index contributed by atoms with van der Waals surface area (Å²) in [5.41, 5.74) is -0.759. The first kappa shape index (κ1) is 25.9. The van der Waals surface area contributed by atoms with Gasteiger partial charge in [0.2, 0.25) is 0 Å². The van der Waals surface area contributed by atoms with Crippen LogP contribution < -0.4 is 10.6 Å². The Labute approximate surface area is 192 Å². The second-order valence-electron chi connectivity index (χ2n) is 8.34. The van der Waals surface area contributed by atoms with Gasteiger partial charge in [-0.2, -0.15) is 0 Å². The number of hydrogen-bond donors (Lipinski definition) is 2. The lowest BCUT2D eigenvalue weighted by atomic mass is 9.99. The zero-order valence-corrected chi connectivity index (χ0v) is 21.0. The largest absolute Gasteiger partial charge is 0.357 e. The van der Waals surface area contributed by atoms with Crippen LogP contribution in [0, 0.1) is 5.92 Å². The molecule has 0 saturated carbocycles. The summed E-state index contributed by atoms with van der Waals surface area (Å²) in [5.74, 6) is 1.49. The Bertz CT molecular complexity index is 577. The van der Waals surface area contributed by atoms with Gasteiger partial charge in [0, 0.05) is 52.4 Å². The molecular formula is C20H39IN6O2. The number of guanidine groups is 1. The number of imide groups is 1. The number of hydrogen-bond acceptors (Lipinski definition) is 4. The molecule has 8 nitrogen and oxygen atoms in total. The Morgan fingerprint density at radius 2 is 1.86 bits per heavy atom. The lowest BCUT2D eigenvalue weighted by Crippen LogP contribution is -2.53. The molecule has 3 amide bonds. The van der Waals surface area contributed by atoms with Crippen LogP contribution in [-0.2, 0) is 4.79 Å². The van der Waals surface area contributed by atoms with E-state index in [1.54, 1.807) is 6.92 Å². The molecule has 2 saturated heterocycles. The van der Waals surface area contributed by atoms with Gasteiger partial charge in [-0.05, 0) is 32.6 Å². The van der Waals surface area contributed by atoms with E-state index < -0.39 is 5.54 Å². The maximum Gasteiger partial charge on any atom is 0.325 e. The van der Waals surface area contributed by atoms with Crippen molar-refractivity contribution in [3.63, 3.8) is 0 Å². The van der Waals surface area contributed by atoms with Crippen LogP contribution in [0.1, 0.15) is 47.5 Å². The normalized spacial score (nSPS) is 23.4. The van der Waals surface area contributed by atoms with Crippen molar-refractivity contribution in [2.45, 2.75) is 53.0 Å². The highest BCUT2D eigenvalue weighted by molar-refractivity contribution is 14.0. The molecule has 2 rings (SSSR count). The highest BCUT2D eigenvalue weighted by Gasteiger charge is 2.45. The SMILES string of the molecule is CCNC(=NCCCN1C(=O)NC(C)(CC)C1=O)N1CCN(CC(C)C)CC1.I. The first-order valence-corrected chi connectivity index (χ1v) is 10.7. The molecule has 0 bridgehead atoms. The fourth-order valence-electron chi connectivity index (χ4n) is 3.69. The van der Waals surface area contributed by atoms with Crippen LogP contribution >= 0.6 is 24.0 Å². The van der Waals surface area contributed by atoms with Crippen molar-refractivity contribution in [3.8, 4) is 0 Å². The van der Waals surface area contributed by atoms with Gasteiger partial charge >= 0.3 is 6.03 Å². The molecule has 2 heterocycles. The predicted molar refractivity (Wildman–Crippen MR) is 128 cm³/mol. The summed E-state index contributed by atoms with van der Waals surface area (Å²) in [7, 11) is 0. The molecule has 0 aromatic heterocycles. The van der Waals surface area contributed by atoms with E-state index in [9.17, 15) is 9.59 Å². The molecule has 1 atom stereocenters. The van der Waals surface area contributed by atoms with Gasteiger partial charge < -0.3 is 15.5 Å². The summed E-state index contributed by atoms with van der Waals surface area (Å²) in [6.07, 6.45) is 1.26. The third-order valence-electron chi connectivity index (χ3n) is 5.48. The van der Waals surface area contributed by atoms with Gasteiger partial charge in [-0.15, -0.1) is 24.0 Å². The van der Waals surface area contributed by atoms with E-state index in [2.05, 4.69) is 41.2 Å². The predicted octanol–water partition coefficient (Wildman–Crippen LogP) is 1.95. The van der Waals surface area contributed by atoms with Crippen LogP contribution in [0.3, 0.4) is 0 Å². The summed E-state index contributed by atoms with van der Waals surface area (Å²) in [4.78, 5) is 35.4. The standard InChI is InChI=1S/C20H38N6O2.HI/c1-6-20(5)17(27)26(19(28)23-20)10-8-9-22-18(21-7-2)25-13-11-24(12-14-25)15-16(3)4;/h16H,6-15H2,1-5H3,(H,21,22)(H,23,28);1H. The summed E-state index contributed by atoms with van der Waals surface area (Å²) in [6.45, 7) is 17.3. The van der Waals surface area contributed by atoms with E-state index in [0.29, 0.717) is 31.8 Å². The topological polar surface area (TPSA) is 80.3 Å². The first-order chi connectivity index (χ1) is 13.3. The van der Waals surface area contributed by atoms with Crippen LogP contribution in [-0.4, -0.2) is 90.5 Å². The van der Waals surface area contributed by atoms with E-state index in [1.165, 1.54) is 4.90 Å². The van der Waals surface area contributed by atoms with E-state index in [1.807, 2.05) is 6.92 Å². The minimum absolute atomic E-state index is 0. The van der Waals surface area contributed by atoms with E-state index >= 15 is 0 Å². The quantitative estimate of drug-likeness (QED) is 0.168. The molecule has 2 aliphatic rings. The van der Waals surface area contributed by atoms with Gasteiger partial charge in [0.15, 0.2) is 5.96 Å². The van der Waals surface area contributed by atoms with Crippen LogP contribution in [0.2, 0.25) is 0 Å². The average molecular weight is 522 g/mol. The number of carbonyl (C=O) groups excluding carboxylic acids is 2. The van der Waals surface area contributed by atoms with E-state index in [0.717, 1.165) is 45.2 Å². The Hall–Kier alpha value is -1.10. The Kier molecular flexibility index (Phi) is 10.7. The van der Waals surface area contributed by atoms with Crippen molar-refractivity contribution in [1.29, 1.82) is 0 Å². The van der Waals surface area contributed by atoms with Crippen molar-refractivity contribution in [2.75, 3.05) is 52.4 Å². The number of piperazine rings is 1. The summed E-state index contributed by atoms with van der Waals surface area (Å²) in [5, 5.41) is 6.17. The van der Waals surface area contributed by atoms with Gasteiger partial charge in [-0.1, -0.05) is 20.8 Å². The van der Waals surface area contributed by atoms with E-state index in [4.69, 9.17) is 4.99 Å². The van der Waals surface area contributed by atoms with Gasteiger partial charge in [-0.25, -0.2) is 4.79 Å². The monoisotopic (exact) mass is 522 g/mol. The zero-order valence-electron chi connectivity index (χ0n) is 18.7. The van der Waals surface area contributed by atoms with E-state index in [-0.39, 0.29) is 35.9 Å². The molecule has 1 unspecified atom stereocenters. The van der Waals surface area contributed by atoms with Crippen molar-refractivity contribution >= 4 is 41.9 Å². The van der Waals surface area contributed by atoms with Crippen LogP contribution in [0.5, 0.6) is 0 Å². The van der Waals surface area contributed by atoms with Crippen molar-refractivity contribution < 1.29 is 9.59 Å². The molecule has 2 N–H and O–H groups in total. The molecule has 2 aliphatic heterocycles. The van der Waals surface area contributed by atoms with Gasteiger partial charge in [0.1, 0.15) is 5.54 Å². The number of nitrogens with one attached hydrogen (secondary N) is 2. The maximum atomic E-state index is 12.4. The van der Waals surface area contributed by atoms with Crippen LogP contribution in [0.15, 0.2) is 4.99 Å². The summed E-state index contributed by atoms with van der Waals surface area (Å²) in [6, 6.07) is -0.286. The molecule has 29 heavy (non-hydrogen) atoms. The second kappa shape index (κ2) is 11.9. The van der Waals surface area contributed by atoms with Crippen molar-refractivity contribution in [3.05, 3.63) is 0 Å². The summed E-state index contributed by atoms with van der Waals surface area (Å²) >= 11 is 0. The Balaban J connectivity index is 0.00000420. The van der Waals surface area contributed by atoms with Crippen LogP contribution in [0.4, 0.5) is 4.79 Å². The van der Waals surface area contributed by atoms with Crippen molar-refractivity contribution in [2.24, 2.45) is 10.9 Å². The fourth-order valence-corrected chi connectivity index (χ4v) is 3.69. The lowest BCUT2D eigenvalue weighted by molar-refractivity contribution is -0.130. The maximum absolute atomic E-state index is 12.4. The Morgan fingerprint density at radius 1 is 1.21 bits per heavy atom. The lowest BCUT2D eigenvalue weighted by Gasteiger charge is -2.37. The van der Waals surface area contributed by atoms with Gasteiger partial charge in [0.05, 0.1) is 0 Å². The first-order valence-electron chi connectivity index (χ1n) is 10.7. The number of urea groups is 1. The highest BCUT2D eigenvalue weighted by Crippen LogP contribution is 2.20. The minimum Gasteiger partial charge on any atom is -0.357 e. The summed E-state index contributed by atoms with van der Waals surface area (Å²) < 4.78 is 0. The van der Waals surface area contributed by atoms with Crippen LogP contribution in [0.25, 0.3) is 0 Å². The average Bonchev–Trinajstić information content (AvgIpc) is 2.87. The molecule has 168 valence electrons. The molecule has 2 fully saturated rings. The number of carbonyl (C=O) groups is 2. The van der Waals surface area contributed by atoms with Gasteiger partial charge in [0.25, 0.3) is 5.91 Å². The smallest absolute Gasteiger partial charge is 0.325 e. The third-order valence-corrected chi connectivity index (χ3v) is 5.48.